The van der Waals surface area contributed by atoms with Gasteiger partial charge in [-0.3, -0.25) is 23.4 Å². The van der Waals surface area contributed by atoms with Crippen LogP contribution in [0.2, 0.25) is 0 Å². The van der Waals surface area contributed by atoms with Crippen LogP contribution in [0.4, 0.5) is 0 Å². The van der Waals surface area contributed by atoms with Gasteiger partial charge in [0.1, 0.15) is 12.6 Å². The number of hydrogen-bond acceptors (Lipinski definition) is 9. The summed E-state index contributed by atoms with van der Waals surface area (Å²) in [5.74, 6) is -3.98. The summed E-state index contributed by atoms with van der Waals surface area (Å²) < 4.78 is 73.3. The lowest BCUT2D eigenvalue weighted by atomic mass is 10.0. The van der Waals surface area contributed by atoms with E-state index in [2.05, 4.69) is 35.0 Å². The molecule has 0 amide bonds. The second kappa shape index (κ2) is 35.3. The first-order chi connectivity index (χ1) is 26.4. The van der Waals surface area contributed by atoms with Crippen LogP contribution < -0.4 is 5.73 Å². The van der Waals surface area contributed by atoms with Crippen molar-refractivity contribution in [2.75, 3.05) is 19.7 Å². The van der Waals surface area contributed by atoms with Crippen LogP contribution in [0.5, 0.6) is 0 Å². The Morgan fingerprint density at radius 3 is 1.55 bits per heavy atom. The maximum atomic E-state index is 12.9. The van der Waals surface area contributed by atoms with E-state index in [4.69, 9.17) is 27.2 Å². The summed E-state index contributed by atoms with van der Waals surface area (Å²) in [6, 6.07) is -1.80. The van der Waals surface area contributed by atoms with Gasteiger partial charge < -0.3 is 25.2 Å². The number of phosphoric ester groups is 1. The maximum absolute atomic E-state index is 12.9. The minimum atomic E-state index is -5.59. The van der Waals surface area contributed by atoms with E-state index >= 15 is 0 Å². The van der Waals surface area contributed by atoms with Crippen molar-refractivity contribution in [1.29, 1.82) is 0 Å². The van der Waals surface area contributed by atoms with Gasteiger partial charge in [-0.15, -0.1) is 0 Å². The number of unbranched alkanes of at least 4 members (excludes halogenated alkanes) is 22. The summed E-state index contributed by atoms with van der Waals surface area (Å²) in [4.78, 5) is 46.7. The van der Waals surface area contributed by atoms with Crippen molar-refractivity contribution in [2.45, 2.75) is 199 Å². The maximum Gasteiger partial charge on any atom is 0.472 e. The van der Waals surface area contributed by atoms with E-state index < -0.39 is 57.6 Å². The van der Waals surface area contributed by atoms with E-state index in [1.54, 1.807) is 0 Å². The van der Waals surface area contributed by atoms with Gasteiger partial charge in [-0.25, -0.2) is 4.57 Å². The van der Waals surface area contributed by atoms with Gasteiger partial charge in [0.25, 0.3) is 0 Å². The molecule has 0 spiro atoms. The summed E-state index contributed by atoms with van der Waals surface area (Å²) >= 11 is 0. The standard InChI is InChI=1S/C39H74NO10P/c1-3-5-7-9-11-13-15-17-19-20-22-24-26-28-30-37(41)47-32-35(33-48-51(45,46)49-34-36(40)39(43)44)50-38(42)31-29-27-25-23-21-18-16-14-12-10-8-6-4-2/h14,16,35-36H,3-13,15,17-34,40H2,1-2H3,(H,43,44)(H,45,46)/b16-14+/t35-,36+/m1/s1/i32D2,33D2,35D. The molecule has 0 aliphatic heterocycles. The first kappa shape index (κ1) is 40.4. The van der Waals surface area contributed by atoms with Gasteiger partial charge in [-0.05, 0) is 38.5 Å². The fourth-order valence-electron chi connectivity index (χ4n) is 5.20. The van der Waals surface area contributed by atoms with Crippen molar-refractivity contribution in [3.8, 4) is 0 Å². The molecule has 0 heterocycles. The molecule has 4 N–H and O–H groups in total. The van der Waals surface area contributed by atoms with Crippen LogP contribution in [0.15, 0.2) is 12.2 Å². The number of rotatable bonds is 38. The number of allylic oxidation sites excluding steroid dienone is 2. The quantitative estimate of drug-likeness (QED) is 0.0237. The highest BCUT2D eigenvalue weighted by Gasteiger charge is 2.28. The van der Waals surface area contributed by atoms with Crippen LogP contribution in [0.25, 0.3) is 0 Å². The van der Waals surface area contributed by atoms with Crippen LogP contribution >= 0.6 is 7.82 Å². The van der Waals surface area contributed by atoms with Crippen LogP contribution in [-0.4, -0.2) is 59.8 Å². The van der Waals surface area contributed by atoms with Gasteiger partial charge in [0.2, 0.25) is 0 Å². The number of carbonyl (C=O) groups is 3. The fourth-order valence-corrected chi connectivity index (χ4v) is 5.80. The van der Waals surface area contributed by atoms with Crippen molar-refractivity contribution < 1.29 is 54.3 Å². The molecule has 0 fully saturated rings. The molecule has 12 heteroatoms. The normalized spacial score (nSPS) is 16.6. The molecule has 0 saturated heterocycles. The highest BCUT2D eigenvalue weighted by atomic mass is 31.2. The molecule has 0 aliphatic rings. The van der Waals surface area contributed by atoms with Gasteiger partial charge in [-0.1, -0.05) is 148 Å². The average Bonchev–Trinajstić information content (AvgIpc) is 3.11. The van der Waals surface area contributed by atoms with E-state index in [0.717, 1.165) is 57.8 Å². The number of carboxylic acid groups (broad SMARTS) is 1. The van der Waals surface area contributed by atoms with Gasteiger partial charge in [0, 0.05) is 12.8 Å². The van der Waals surface area contributed by atoms with Crippen molar-refractivity contribution in [1.82, 2.24) is 0 Å². The molecule has 0 radical (unpaired) electrons. The number of carboxylic acids is 1. The largest absolute Gasteiger partial charge is 0.480 e. The summed E-state index contributed by atoms with van der Waals surface area (Å²) in [7, 11) is -5.59. The number of aliphatic carboxylic acids is 1. The van der Waals surface area contributed by atoms with E-state index in [1.807, 2.05) is 0 Å². The number of nitrogens with two attached hydrogens (primary N) is 1. The Labute approximate surface area is 316 Å². The van der Waals surface area contributed by atoms with E-state index in [1.165, 1.54) is 77.0 Å². The predicted octanol–water partition coefficient (Wildman–Crippen LogP) is 10.1. The molecule has 0 bridgehead atoms. The van der Waals surface area contributed by atoms with Gasteiger partial charge in [0.15, 0.2) is 6.08 Å². The molecule has 3 atom stereocenters. The molecule has 11 nitrogen and oxygen atoms in total. The van der Waals surface area contributed by atoms with Crippen LogP contribution in [-0.2, 0) is 37.5 Å². The van der Waals surface area contributed by atoms with Gasteiger partial charge in [0.05, 0.1) is 20.0 Å². The van der Waals surface area contributed by atoms with Crippen LogP contribution in [0, 0.1) is 0 Å². The zero-order valence-corrected chi connectivity index (χ0v) is 32.6. The van der Waals surface area contributed by atoms with Crippen molar-refractivity contribution >= 4 is 25.7 Å². The Balaban J connectivity index is 5.16. The fraction of sp³-hybridized carbons (Fsp3) is 0.872. The predicted molar refractivity (Wildman–Crippen MR) is 203 cm³/mol. The lowest BCUT2D eigenvalue weighted by molar-refractivity contribution is -0.161. The van der Waals surface area contributed by atoms with Crippen LogP contribution in [0.3, 0.4) is 0 Å². The Morgan fingerprint density at radius 1 is 0.667 bits per heavy atom. The molecule has 0 aromatic rings. The van der Waals surface area contributed by atoms with E-state index in [9.17, 15) is 23.8 Å². The molecule has 0 aromatic heterocycles. The first-order valence-electron chi connectivity index (χ1n) is 22.2. The minimum absolute atomic E-state index is 0.266. The van der Waals surface area contributed by atoms with Crippen LogP contribution in [0.1, 0.15) is 194 Å². The smallest absolute Gasteiger partial charge is 0.472 e. The highest BCUT2D eigenvalue weighted by Crippen LogP contribution is 2.43. The molecule has 0 saturated carbocycles. The summed E-state index contributed by atoms with van der Waals surface area (Å²) in [6.45, 7) is -4.41. The first-order valence-corrected chi connectivity index (χ1v) is 21.2. The van der Waals surface area contributed by atoms with Gasteiger partial charge >= 0.3 is 25.7 Å². The monoisotopic (exact) mass is 753 g/mol. The number of esters is 2. The van der Waals surface area contributed by atoms with Crippen molar-refractivity contribution in [3.05, 3.63) is 12.2 Å². The van der Waals surface area contributed by atoms with E-state index in [0.29, 0.717) is 19.3 Å². The Hall–Kier alpha value is -1.78. The highest BCUT2D eigenvalue weighted by molar-refractivity contribution is 7.47. The second-order valence-electron chi connectivity index (χ2n) is 13.3. The third-order valence-corrected chi connectivity index (χ3v) is 9.14. The van der Waals surface area contributed by atoms with Gasteiger partial charge in [-0.2, -0.15) is 0 Å². The SMILES string of the molecule is [2H]C([2H])(OC(=O)CCCCCCCCCCCCCCCC)[C@@]([2H])(OC(=O)CCCCCCC/C=C/CCCCCC)C([2H])([2H])OP(=O)(O)OC[C@H](N)C(=O)O. The molecule has 300 valence electrons. The summed E-state index contributed by atoms with van der Waals surface area (Å²) in [6.07, 6.45) is 25.4. The molecule has 51 heavy (non-hydrogen) atoms. The lowest BCUT2D eigenvalue weighted by Crippen LogP contribution is -2.34. The molecule has 0 rings (SSSR count). The van der Waals surface area contributed by atoms with Crippen molar-refractivity contribution in [3.63, 3.8) is 0 Å². The zero-order chi connectivity index (χ0) is 42.4. The number of hydrogen-bond donors (Lipinski definition) is 3. The lowest BCUT2D eigenvalue weighted by Gasteiger charge is -2.20. The number of ether oxygens (including phenoxy) is 2. The topological polar surface area (TPSA) is 172 Å². The minimum Gasteiger partial charge on any atom is -0.480 e. The molecule has 0 aliphatic carbocycles. The number of phosphoric acid groups is 1. The second-order valence-corrected chi connectivity index (χ2v) is 14.6. The summed E-state index contributed by atoms with van der Waals surface area (Å²) in [5, 5.41) is 8.92. The Morgan fingerprint density at radius 2 is 1.08 bits per heavy atom. The Bertz CT molecular complexity index is 1150. The molecular formula is C39H74NO10P. The number of carbonyl (C=O) groups excluding carboxylic acids is 2. The Kier molecular flexibility index (Phi) is 27.9. The zero-order valence-electron chi connectivity index (χ0n) is 36.7. The summed E-state index contributed by atoms with van der Waals surface area (Å²) in [5.41, 5.74) is 5.26. The molecule has 1 unspecified atom stereocenters. The third-order valence-electron chi connectivity index (χ3n) is 8.34. The molecular weight excluding hydrogens is 673 g/mol. The molecule has 0 aromatic carbocycles. The van der Waals surface area contributed by atoms with Crippen molar-refractivity contribution in [2.24, 2.45) is 5.73 Å². The van der Waals surface area contributed by atoms with E-state index in [-0.39, 0.29) is 19.3 Å². The third kappa shape index (κ3) is 35.0. The average molecular weight is 753 g/mol.